The minimum absolute atomic E-state index is 0.0472. The van der Waals surface area contributed by atoms with Crippen molar-refractivity contribution in [3.63, 3.8) is 0 Å². The number of hydrogen-bond donors (Lipinski definition) is 1. The van der Waals surface area contributed by atoms with Gasteiger partial charge < -0.3 is 29.1 Å². The first-order chi connectivity index (χ1) is 16.9. The third kappa shape index (κ3) is 5.43. The molecule has 0 unspecified atom stereocenters. The molecule has 1 heterocycles. The number of rotatable bonds is 11. The van der Waals surface area contributed by atoms with Gasteiger partial charge in [-0.05, 0) is 55.9 Å². The fourth-order valence-electron chi connectivity index (χ4n) is 4.30. The molecule has 1 fully saturated rings. The van der Waals surface area contributed by atoms with Crippen LogP contribution in [0.2, 0.25) is 0 Å². The highest BCUT2D eigenvalue weighted by molar-refractivity contribution is 6.46. The van der Waals surface area contributed by atoms with E-state index in [1.807, 2.05) is 19.1 Å². The average Bonchev–Trinajstić information content (AvgIpc) is 3.14. The van der Waals surface area contributed by atoms with Gasteiger partial charge in [-0.2, -0.15) is 0 Å². The number of hydrogen-bond acceptors (Lipinski definition) is 7. The van der Waals surface area contributed by atoms with E-state index in [9.17, 15) is 14.7 Å². The second-order valence-corrected chi connectivity index (χ2v) is 8.09. The van der Waals surface area contributed by atoms with Crippen LogP contribution in [0.4, 0.5) is 0 Å². The minimum Gasteiger partial charge on any atom is -0.507 e. The summed E-state index contributed by atoms with van der Waals surface area (Å²) in [6, 6.07) is 11.4. The summed E-state index contributed by atoms with van der Waals surface area (Å²) in [4.78, 5) is 30.1. The second-order valence-electron chi connectivity index (χ2n) is 8.09. The van der Waals surface area contributed by atoms with E-state index in [0.29, 0.717) is 48.1 Å². The molecule has 8 nitrogen and oxygen atoms in total. The molecule has 1 saturated heterocycles. The van der Waals surface area contributed by atoms with Crippen molar-refractivity contribution >= 4 is 17.4 Å². The zero-order chi connectivity index (χ0) is 25.5. The topological polar surface area (TPSA) is 88.5 Å². The first-order valence-electron chi connectivity index (χ1n) is 11.9. The highest BCUT2D eigenvalue weighted by atomic mass is 16.5. The van der Waals surface area contributed by atoms with E-state index in [4.69, 9.17) is 14.2 Å². The Morgan fingerprint density at radius 3 is 2.20 bits per heavy atom. The Morgan fingerprint density at radius 1 is 0.971 bits per heavy atom. The predicted octanol–water partition coefficient (Wildman–Crippen LogP) is 3.87. The molecule has 0 radical (unpaired) electrons. The Bertz CT molecular complexity index is 1080. The van der Waals surface area contributed by atoms with E-state index in [2.05, 4.69) is 18.7 Å². The van der Waals surface area contributed by atoms with E-state index in [1.165, 1.54) is 14.2 Å². The largest absolute Gasteiger partial charge is 0.507 e. The van der Waals surface area contributed by atoms with Crippen LogP contribution in [0, 0.1) is 0 Å². The van der Waals surface area contributed by atoms with Gasteiger partial charge in [-0.15, -0.1) is 0 Å². The van der Waals surface area contributed by atoms with Gasteiger partial charge in [0.2, 0.25) is 0 Å². The van der Waals surface area contributed by atoms with Crippen LogP contribution in [0.25, 0.3) is 5.76 Å². The highest BCUT2D eigenvalue weighted by Gasteiger charge is 2.46. The van der Waals surface area contributed by atoms with Crippen molar-refractivity contribution in [2.24, 2.45) is 0 Å². The number of ketones is 1. The van der Waals surface area contributed by atoms with Crippen molar-refractivity contribution in [3.05, 3.63) is 59.2 Å². The zero-order valence-electron chi connectivity index (χ0n) is 21.0. The summed E-state index contributed by atoms with van der Waals surface area (Å²) in [7, 11) is 3.01. The molecule has 1 aliphatic heterocycles. The molecule has 35 heavy (non-hydrogen) atoms. The number of ether oxygens (including phenoxy) is 3. The predicted molar refractivity (Wildman–Crippen MR) is 134 cm³/mol. The van der Waals surface area contributed by atoms with Gasteiger partial charge in [-0.25, -0.2) is 0 Å². The molecule has 0 aromatic heterocycles. The van der Waals surface area contributed by atoms with Gasteiger partial charge in [0.05, 0.1) is 32.4 Å². The maximum Gasteiger partial charge on any atom is 0.295 e. The Hall–Kier alpha value is -3.52. The number of Topliss-reactive ketones (excluding diaryl/α,β-unsaturated/α-hetero) is 1. The summed E-state index contributed by atoms with van der Waals surface area (Å²) in [6.45, 7) is 9.17. The van der Waals surface area contributed by atoms with Gasteiger partial charge in [0.25, 0.3) is 11.7 Å². The van der Waals surface area contributed by atoms with Crippen LogP contribution >= 0.6 is 0 Å². The Kier molecular flexibility index (Phi) is 8.76. The SMILES string of the molecule is CCOc1ccc([C@@H]2C(=C(O)c3ccc(OC)c(OC)c3)C(=O)C(=O)N2CCN(CC)CC)cc1. The number of likely N-dealkylation sites (tertiary alicyclic amines) is 1. The number of aliphatic hydroxyl groups excluding tert-OH is 1. The van der Waals surface area contributed by atoms with Crippen molar-refractivity contribution in [2.45, 2.75) is 26.8 Å². The van der Waals surface area contributed by atoms with Crippen molar-refractivity contribution in [2.75, 3.05) is 47.0 Å². The van der Waals surface area contributed by atoms with Crippen molar-refractivity contribution in [1.29, 1.82) is 0 Å². The number of aliphatic hydroxyl groups is 1. The number of benzene rings is 2. The third-order valence-electron chi connectivity index (χ3n) is 6.26. The second kappa shape index (κ2) is 11.8. The number of carbonyl (C=O) groups is 2. The molecule has 0 saturated carbocycles. The quantitative estimate of drug-likeness (QED) is 0.296. The molecule has 1 N–H and O–H groups in total. The van der Waals surface area contributed by atoms with Crippen LogP contribution < -0.4 is 14.2 Å². The standard InChI is InChI=1S/C27H34N2O6/c1-6-28(7-2)15-16-29-24(18-9-12-20(13-10-18)35-8-3)23(26(31)27(29)32)25(30)19-11-14-21(33-4)22(17-19)34-5/h9-14,17,24,30H,6-8,15-16H2,1-5H3/t24-/m1/s1. The van der Waals surface area contributed by atoms with Crippen LogP contribution in [-0.4, -0.2) is 73.6 Å². The average molecular weight is 483 g/mol. The minimum atomic E-state index is -0.727. The Labute approximate surface area is 206 Å². The lowest BCUT2D eigenvalue weighted by Gasteiger charge is -2.28. The fraction of sp³-hybridized carbons (Fsp3) is 0.407. The molecule has 1 atom stereocenters. The number of carbonyl (C=O) groups excluding carboxylic acids is 2. The first-order valence-corrected chi connectivity index (χ1v) is 11.9. The maximum absolute atomic E-state index is 13.2. The van der Waals surface area contributed by atoms with Crippen molar-refractivity contribution < 1.29 is 28.9 Å². The third-order valence-corrected chi connectivity index (χ3v) is 6.26. The maximum atomic E-state index is 13.2. The molecule has 0 aliphatic carbocycles. The van der Waals surface area contributed by atoms with E-state index >= 15 is 0 Å². The van der Waals surface area contributed by atoms with Crippen molar-refractivity contribution in [3.8, 4) is 17.2 Å². The molecule has 1 aliphatic rings. The summed E-state index contributed by atoms with van der Waals surface area (Å²) < 4.78 is 16.2. The molecular formula is C27H34N2O6. The Balaban J connectivity index is 2.11. The smallest absolute Gasteiger partial charge is 0.295 e. The van der Waals surface area contributed by atoms with E-state index in [1.54, 1.807) is 35.2 Å². The molecule has 3 rings (SSSR count). The normalized spacial score (nSPS) is 17.2. The zero-order valence-corrected chi connectivity index (χ0v) is 21.0. The summed E-state index contributed by atoms with van der Waals surface area (Å²) in [5.74, 6) is -0.00439. The van der Waals surface area contributed by atoms with Crippen LogP contribution in [-0.2, 0) is 9.59 Å². The van der Waals surface area contributed by atoms with Gasteiger partial charge in [-0.1, -0.05) is 26.0 Å². The lowest BCUT2D eigenvalue weighted by Crippen LogP contribution is -2.38. The lowest BCUT2D eigenvalue weighted by atomic mass is 9.95. The molecular weight excluding hydrogens is 448 g/mol. The number of nitrogens with zero attached hydrogens (tertiary/aromatic N) is 2. The summed E-state index contributed by atoms with van der Waals surface area (Å²) in [5.41, 5.74) is 1.13. The molecule has 2 aromatic rings. The van der Waals surface area contributed by atoms with E-state index < -0.39 is 17.7 Å². The molecule has 2 aromatic carbocycles. The van der Waals surface area contributed by atoms with E-state index in [0.717, 1.165) is 13.1 Å². The fourth-order valence-corrected chi connectivity index (χ4v) is 4.30. The van der Waals surface area contributed by atoms with Gasteiger partial charge in [-0.3, -0.25) is 9.59 Å². The van der Waals surface area contributed by atoms with Gasteiger partial charge >= 0.3 is 0 Å². The highest BCUT2D eigenvalue weighted by Crippen LogP contribution is 2.41. The van der Waals surface area contributed by atoms with Gasteiger partial charge in [0.15, 0.2) is 11.5 Å². The molecule has 1 amide bonds. The number of amides is 1. The van der Waals surface area contributed by atoms with E-state index in [-0.39, 0.29) is 11.3 Å². The van der Waals surface area contributed by atoms with Crippen LogP contribution in [0.3, 0.4) is 0 Å². The lowest BCUT2D eigenvalue weighted by molar-refractivity contribution is -0.140. The van der Waals surface area contributed by atoms with Crippen LogP contribution in [0.1, 0.15) is 37.9 Å². The number of likely N-dealkylation sites (N-methyl/N-ethyl adjacent to an activating group) is 1. The summed E-state index contributed by atoms with van der Waals surface area (Å²) >= 11 is 0. The molecule has 8 heteroatoms. The Morgan fingerprint density at radius 2 is 1.63 bits per heavy atom. The number of methoxy groups -OCH3 is 2. The first kappa shape index (κ1) is 26.1. The van der Waals surface area contributed by atoms with Crippen LogP contribution in [0.5, 0.6) is 17.2 Å². The van der Waals surface area contributed by atoms with Crippen LogP contribution in [0.15, 0.2) is 48.0 Å². The monoisotopic (exact) mass is 482 g/mol. The van der Waals surface area contributed by atoms with Gasteiger partial charge in [0, 0.05) is 18.7 Å². The van der Waals surface area contributed by atoms with Crippen molar-refractivity contribution in [1.82, 2.24) is 9.80 Å². The molecule has 0 spiro atoms. The molecule has 188 valence electrons. The summed E-state index contributed by atoms with van der Waals surface area (Å²) in [5, 5.41) is 11.3. The summed E-state index contributed by atoms with van der Waals surface area (Å²) in [6.07, 6.45) is 0. The van der Waals surface area contributed by atoms with Gasteiger partial charge in [0.1, 0.15) is 11.5 Å². The molecule has 0 bridgehead atoms.